The quantitative estimate of drug-likeness (QED) is 0.0307. The summed E-state index contributed by atoms with van der Waals surface area (Å²) in [5, 5.41) is 30.9. The molecule has 5 atom stereocenters. The number of esters is 3. The van der Waals surface area contributed by atoms with Crippen LogP contribution in [0, 0.1) is 5.92 Å². The predicted octanol–water partition coefficient (Wildman–Crippen LogP) is 11.7. The number of aliphatic hydroxyl groups is 3. The van der Waals surface area contributed by atoms with Gasteiger partial charge < -0.3 is 34.3 Å². The number of methoxy groups -OCH3 is 1. The second-order valence-electron chi connectivity index (χ2n) is 17.6. The minimum atomic E-state index is -0.848. The van der Waals surface area contributed by atoms with Gasteiger partial charge in [-0.2, -0.15) is 0 Å². The molecular weight excluding hydrogens is 749 g/mol. The molecule has 10 heteroatoms. The van der Waals surface area contributed by atoms with Crippen molar-refractivity contribution in [1.29, 1.82) is 0 Å². The third kappa shape index (κ3) is 36.6. The molecule has 3 N–H and O–H groups in total. The lowest BCUT2D eigenvalue weighted by atomic mass is 9.97. The van der Waals surface area contributed by atoms with Crippen LogP contribution in [-0.4, -0.2) is 84.1 Å². The van der Waals surface area contributed by atoms with Crippen LogP contribution in [0.5, 0.6) is 0 Å². The molecule has 0 bridgehead atoms. The van der Waals surface area contributed by atoms with Gasteiger partial charge in [0.1, 0.15) is 13.2 Å². The molecule has 5 unspecified atom stereocenters. The van der Waals surface area contributed by atoms with Crippen molar-refractivity contribution in [1.82, 2.24) is 0 Å². The molecule has 0 saturated carbocycles. The van der Waals surface area contributed by atoms with Crippen molar-refractivity contribution in [3.8, 4) is 0 Å². The highest BCUT2D eigenvalue weighted by Gasteiger charge is 2.22. The molecule has 0 aliphatic rings. The topological polar surface area (TPSA) is 149 Å². The Morgan fingerprint density at radius 2 is 0.729 bits per heavy atom. The lowest BCUT2D eigenvalue weighted by Crippen LogP contribution is -2.32. The summed E-state index contributed by atoms with van der Waals surface area (Å²) in [5.74, 6) is -0.845. The minimum absolute atomic E-state index is 0.149. The van der Waals surface area contributed by atoms with E-state index in [4.69, 9.17) is 18.9 Å². The van der Waals surface area contributed by atoms with Crippen LogP contribution in [-0.2, 0) is 33.3 Å². The van der Waals surface area contributed by atoms with E-state index in [-0.39, 0.29) is 62.4 Å². The first-order valence-corrected chi connectivity index (χ1v) is 24.6. The standard InChI is InChI=1S/C49H94O10/c1-6-8-10-12-13-14-15-16-17-18-24-32-38-48(55)59-42(40-58-47(54)37-31-26-20-23-29-35-45(52)49(56-5)41(3)4)39-57-46(53)36-30-25-19-22-28-34-44(51)43(50)33-27-21-11-9-7-2/h41-45,49-52H,6-40H2,1-5H3. The second kappa shape index (κ2) is 41.6. The van der Waals surface area contributed by atoms with E-state index in [0.717, 1.165) is 83.5 Å². The van der Waals surface area contributed by atoms with Crippen LogP contribution >= 0.6 is 0 Å². The van der Waals surface area contributed by atoms with Gasteiger partial charge in [0.25, 0.3) is 0 Å². The molecule has 0 aliphatic heterocycles. The first-order chi connectivity index (χ1) is 28.5. The summed E-state index contributed by atoms with van der Waals surface area (Å²) < 4.78 is 22.1. The molecule has 0 saturated heterocycles. The zero-order chi connectivity index (χ0) is 43.8. The number of ether oxygens (including phenoxy) is 4. The van der Waals surface area contributed by atoms with Crippen LogP contribution in [0.2, 0.25) is 0 Å². The lowest BCUT2D eigenvalue weighted by molar-refractivity contribution is -0.167. The van der Waals surface area contributed by atoms with E-state index in [2.05, 4.69) is 13.8 Å². The summed E-state index contributed by atoms with van der Waals surface area (Å²) in [6, 6.07) is 0. The predicted molar refractivity (Wildman–Crippen MR) is 239 cm³/mol. The average molecular weight is 843 g/mol. The molecule has 0 spiro atoms. The van der Waals surface area contributed by atoms with E-state index in [1.54, 1.807) is 7.11 Å². The zero-order valence-corrected chi connectivity index (χ0v) is 38.9. The van der Waals surface area contributed by atoms with Crippen LogP contribution in [0.25, 0.3) is 0 Å². The Kier molecular flexibility index (Phi) is 40.4. The molecule has 0 fully saturated rings. The van der Waals surface area contributed by atoms with Gasteiger partial charge >= 0.3 is 17.9 Å². The van der Waals surface area contributed by atoms with E-state index in [9.17, 15) is 29.7 Å². The Morgan fingerprint density at radius 3 is 1.07 bits per heavy atom. The van der Waals surface area contributed by atoms with Crippen LogP contribution in [0.1, 0.15) is 240 Å². The SMILES string of the molecule is CCCCCCCCCCCCCCC(=O)OC(COC(=O)CCCCCCCC(O)C(O)CCCCCCC)COC(=O)CCCCCCCC(O)C(OC)C(C)C. The lowest BCUT2D eigenvalue weighted by Gasteiger charge is -2.24. The highest BCUT2D eigenvalue weighted by atomic mass is 16.6. The van der Waals surface area contributed by atoms with Crippen molar-refractivity contribution in [3.05, 3.63) is 0 Å². The Hall–Kier alpha value is -1.75. The van der Waals surface area contributed by atoms with Gasteiger partial charge in [0, 0.05) is 26.4 Å². The molecule has 0 aromatic rings. The Morgan fingerprint density at radius 1 is 0.424 bits per heavy atom. The van der Waals surface area contributed by atoms with Crippen molar-refractivity contribution in [2.45, 2.75) is 270 Å². The maximum absolute atomic E-state index is 12.8. The molecule has 350 valence electrons. The van der Waals surface area contributed by atoms with Gasteiger partial charge in [0.05, 0.1) is 24.4 Å². The Bertz CT molecular complexity index is 959. The normalized spacial score (nSPS) is 14.2. The number of hydrogen-bond donors (Lipinski definition) is 3. The second-order valence-corrected chi connectivity index (χ2v) is 17.6. The average Bonchev–Trinajstić information content (AvgIpc) is 3.21. The summed E-state index contributed by atoms with van der Waals surface area (Å²) in [4.78, 5) is 37.9. The zero-order valence-electron chi connectivity index (χ0n) is 38.9. The summed E-state index contributed by atoms with van der Waals surface area (Å²) in [6.45, 7) is 8.21. The third-order valence-electron chi connectivity index (χ3n) is 11.5. The number of hydrogen-bond acceptors (Lipinski definition) is 10. The van der Waals surface area contributed by atoms with Gasteiger partial charge in [-0.25, -0.2) is 0 Å². The fourth-order valence-corrected chi connectivity index (χ4v) is 7.67. The van der Waals surface area contributed by atoms with Gasteiger partial charge in [0.2, 0.25) is 0 Å². The largest absolute Gasteiger partial charge is 0.462 e. The van der Waals surface area contributed by atoms with Crippen molar-refractivity contribution in [2.75, 3.05) is 20.3 Å². The molecule has 10 nitrogen and oxygen atoms in total. The fraction of sp³-hybridized carbons (Fsp3) is 0.939. The molecule has 0 amide bonds. The summed E-state index contributed by atoms with van der Waals surface area (Å²) >= 11 is 0. The summed E-state index contributed by atoms with van der Waals surface area (Å²) in [7, 11) is 1.64. The maximum atomic E-state index is 12.8. The van der Waals surface area contributed by atoms with Gasteiger partial charge in [-0.05, 0) is 44.4 Å². The monoisotopic (exact) mass is 843 g/mol. The van der Waals surface area contributed by atoms with Crippen molar-refractivity contribution >= 4 is 17.9 Å². The van der Waals surface area contributed by atoms with E-state index in [1.807, 2.05) is 13.8 Å². The molecule has 0 heterocycles. The van der Waals surface area contributed by atoms with Crippen LogP contribution in [0.15, 0.2) is 0 Å². The molecule has 0 rings (SSSR count). The molecule has 0 aromatic heterocycles. The van der Waals surface area contributed by atoms with Gasteiger partial charge in [-0.1, -0.05) is 182 Å². The molecule has 59 heavy (non-hydrogen) atoms. The minimum Gasteiger partial charge on any atom is -0.462 e. The Balaban J connectivity index is 4.52. The fourth-order valence-electron chi connectivity index (χ4n) is 7.67. The Labute approximate surface area is 362 Å². The number of aliphatic hydroxyl groups excluding tert-OH is 3. The van der Waals surface area contributed by atoms with Crippen LogP contribution in [0.4, 0.5) is 0 Å². The van der Waals surface area contributed by atoms with E-state index >= 15 is 0 Å². The summed E-state index contributed by atoms with van der Waals surface area (Å²) in [5.41, 5.74) is 0. The first-order valence-electron chi connectivity index (χ1n) is 24.6. The smallest absolute Gasteiger partial charge is 0.306 e. The van der Waals surface area contributed by atoms with Crippen LogP contribution in [0.3, 0.4) is 0 Å². The van der Waals surface area contributed by atoms with Gasteiger partial charge in [0.15, 0.2) is 6.10 Å². The highest BCUT2D eigenvalue weighted by molar-refractivity contribution is 5.71. The number of unbranched alkanes of at least 4 members (excludes halogenated alkanes) is 23. The molecule has 0 radical (unpaired) electrons. The van der Waals surface area contributed by atoms with Gasteiger partial charge in [-0.3, -0.25) is 14.4 Å². The first kappa shape index (κ1) is 57.2. The maximum Gasteiger partial charge on any atom is 0.306 e. The van der Waals surface area contributed by atoms with E-state index in [1.165, 1.54) is 77.0 Å². The van der Waals surface area contributed by atoms with Crippen molar-refractivity contribution < 1.29 is 48.7 Å². The van der Waals surface area contributed by atoms with Crippen molar-refractivity contribution in [2.24, 2.45) is 5.92 Å². The highest BCUT2D eigenvalue weighted by Crippen LogP contribution is 2.18. The van der Waals surface area contributed by atoms with Crippen LogP contribution < -0.4 is 0 Å². The summed E-state index contributed by atoms with van der Waals surface area (Å²) in [6.07, 6.45) is 28.6. The third-order valence-corrected chi connectivity index (χ3v) is 11.5. The molecular formula is C49H94O10. The van der Waals surface area contributed by atoms with Crippen molar-refractivity contribution in [3.63, 3.8) is 0 Å². The van der Waals surface area contributed by atoms with Gasteiger partial charge in [-0.15, -0.1) is 0 Å². The van der Waals surface area contributed by atoms with E-state index in [0.29, 0.717) is 32.1 Å². The number of rotatable bonds is 44. The molecule has 0 aliphatic carbocycles. The number of carbonyl (C=O) groups excluding carboxylic acids is 3. The number of carbonyl (C=O) groups is 3. The molecule has 0 aromatic carbocycles. The van der Waals surface area contributed by atoms with E-state index < -0.39 is 24.4 Å².